The number of anilines is 2. The number of rotatable bonds is 11. The smallest absolute Gasteiger partial charge is 0.128 e. The van der Waals surface area contributed by atoms with Crippen molar-refractivity contribution in [1.29, 1.82) is 0 Å². The molecule has 4 rings (SSSR count). The van der Waals surface area contributed by atoms with Crippen LogP contribution in [-0.4, -0.2) is 49.6 Å². The molecule has 0 amide bonds. The van der Waals surface area contributed by atoms with Gasteiger partial charge in [0.05, 0.1) is 37.5 Å². The first-order chi connectivity index (χ1) is 15.7. The molecule has 166 valence electrons. The summed E-state index contributed by atoms with van der Waals surface area (Å²) >= 11 is 0. The number of nitrogen functional groups attached to an aromatic ring is 2. The molecule has 0 bridgehead atoms. The summed E-state index contributed by atoms with van der Waals surface area (Å²) in [5.74, 6) is 2.50. The van der Waals surface area contributed by atoms with Crippen molar-refractivity contribution in [2.75, 3.05) is 51.1 Å². The topological polar surface area (TPSA) is 115 Å². The number of pyridine rings is 2. The third kappa shape index (κ3) is 5.54. The number of aromatic nitrogens is 2. The highest BCUT2D eigenvalue weighted by atomic mass is 16.6. The molecule has 2 heterocycles. The van der Waals surface area contributed by atoms with Gasteiger partial charge < -0.3 is 30.4 Å². The largest absolute Gasteiger partial charge is 0.490 e. The lowest BCUT2D eigenvalue weighted by atomic mass is 10.2. The predicted molar refractivity (Wildman–Crippen MR) is 125 cm³/mol. The molecule has 32 heavy (non-hydrogen) atoms. The van der Waals surface area contributed by atoms with Crippen LogP contribution >= 0.6 is 0 Å². The molecule has 0 saturated heterocycles. The molecular weight excluding hydrogens is 408 g/mol. The Balaban J connectivity index is 1.10. The van der Waals surface area contributed by atoms with Crippen LogP contribution in [0.25, 0.3) is 21.8 Å². The summed E-state index contributed by atoms with van der Waals surface area (Å²) in [6, 6.07) is 18.8. The van der Waals surface area contributed by atoms with Crippen molar-refractivity contribution >= 4 is 33.4 Å². The second-order valence-electron chi connectivity index (χ2n) is 7.04. The van der Waals surface area contributed by atoms with Crippen LogP contribution in [0.4, 0.5) is 11.6 Å². The highest BCUT2D eigenvalue weighted by Gasteiger charge is 2.05. The van der Waals surface area contributed by atoms with Gasteiger partial charge in [-0.3, -0.25) is 0 Å². The van der Waals surface area contributed by atoms with Gasteiger partial charge in [0.1, 0.15) is 36.3 Å². The van der Waals surface area contributed by atoms with E-state index in [1.807, 2.05) is 48.5 Å². The Labute approximate surface area is 186 Å². The van der Waals surface area contributed by atoms with E-state index in [4.69, 9.17) is 30.4 Å². The van der Waals surface area contributed by atoms with Gasteiger partial charge in [0.2, 0.25) is 0 Å². The van der Waals surface area contributed by atoms with Crippen molar-refractivity contribution in [3.05, 3.63) is 60.7 Å². The highest BCUT2D eigenvalue weighted by Crippen LogP contribution is 2.25. The fourth-order valence-electron chi connectivity index (χ4n) is 3.28. The average Bonchev–Trinajstić information content (AvgIpc) is 2.80. The zero-order valence-electron chi connectivity index (χ0n) is 17.7. The maximum atomic E-state index is 5.82. The van der Waals surface area contributed by atoms with Crippen LogP contribution < -0.4 is 20.9 Å². The maximum absolute atomic E-state index is 5.82. The molecule has 0 spiro atoms. The molecule has 0 aliphatic rings. The van der Waals surface area contributed by atoms with Crippen molar-refractivity contribution in [2.24, 2.45) is 0 Å². The maximum Gasteiger partial charge on any atom is 0.128 e. The molecular formula is C24H26N4O4. The second kappa shape index (κ2) is 10.6. The van der Waals surface area contributed by atoms with Crippen LogP contribution in [-0.2, 0) is 9.47 Å². The Morgan fingerprint density at radius 3 is 1.44 bits per heavy atom. The second-order valence-corrected chi connectivity index (χ2v) is 7.04. The Kier molecular flexibility index (Phi) is 7.16. The molecule has 0 saturated carbocycles. The Morgan fingerprint density at radius 1 is 0.531 bits per heavy atom. The van der Waals surface area contributed by atoms with Crippen LogP contribution in [0, 0.1) is 0 Å². The van der Waals surface area contributed by atoms with E-state index in [0.29, 0.717) is 51.3 Å². The van der Waals surface area contributed by atoms with Gasteiger partial charge in [0, 0.05) is 10.8 Å². The molecule has 4 N–H and O–H groups in total. The summed E-state index contributed by atoms with van der Waals surface area (Å²) in [5, 5.41) is 1.85. The van der Waals surface area contributed by atoms with Gasteiger partial charge in [0.15, 0.2) is 0 Å². The van der Waals surface area contributed by atoms with E-state index in [9.17, 15) is 0 Å². The predicted octanol–water partition coefficient (Wildman–Crippen LogP) is 3.44. The number of benzene rings is 2. The van der Waals surface area contributed by atoms with E-state index in [0.717, 1.165) is 33.3 Å². The summed E-state index contributed by atoms with van der Waals surface area (Å²) in [4.78, 5) is 8.60. The number of nitrogens with zero attached hydrogens (tertiary/aromatic N) is 2. The van der Waals surface area contributed by atoms with Crippen LogP contribution in [0.3, 0.4) is 0 Å². The minimum atomic E-state index is 0.437. The molecule has 4 aromatic rings. The zero-order valence-corrected chi connectivity index (χ0v) is 17.7. The number of ether oxygens (including phenoxy) is 4. The number of hydrogen-bond donors (Lipinski definition) is 2. The van der Waals surface area contributed by atoms with Crippen LogP contribution in [0.5, 0.6) is 11.5 Å². The van der Waals surface area contributed by atoms with Gasteiger partial charge in [-0.15, -0.1) is 0 Å². The van der Waals surface area contributed by atoms with E-state index < -0.39 is 0 Å². The normalized spacial score (nSPS) is 11.1. The number of fused-ring (bicyclic) bond motifs is 2. The van der Waals surface area contributed by atoms with Crippen LogP contribution in [0.15, 0.2) is 60.7 Å². The molecule has 0 aliphatic heterocycles. The SMILES string of the molecule is Nc1ccc2c(OCCOCCOCCOc3cccc4nc(N)ccc34)cccc2n1. The van der Waals surface area contributed by atoms with E-state index >= 15 is 0 Å². The lowest BCUT2D eigenvalue weighted by Crippen LogP contribution is -2.13. The van der Waals surface area contributed by atoms with Crippen molar-refractivity contribution in [1.82, 2.24) is 9.97 Å². The Hall–Kier alpha value is -3.62. The zero-order chi connectivity index (χ0) is 22.2. The molecule has 0 atom stereocenters. The quantitative estimate of drug-likeness (QED) is 0.345. The summed E-state index contributed by atoms with van der Waals surface area (Å²) < 4.78 is 22.8. The lowest BCUT2D eigenvalue weighted by molar-refractivity contribution is 0.0276. The van der Waals surface area contributed by atoms with Crippen molar-refractivity contribution in [3.63, 3.8) is 0 Å². The minimum absolute atomic E-state index is 0.437. The van der Waals surface area contributed by atoms with E-state index in [2.05, 4.69) is 9.97 Å². The fraction of sp³-hybridized carbons (Fsp3) is 0.250. The summed E-state index contributed by atoms with van der Waals surface area (Å²) in [5.41, 5.74) is 13.1. The van der Waals surface area contributed by atoms with Gasteiger partial charge in [-0.2, -0.15) is 0 Å². The van der Waals surface area contributed by atoms with E-state index in [1.165, 1.54) is 0 Å². The molecule has 0 unspecified atom stereocenters. The molecule has 0 fully saturated rings. The molecule has 8 nitrogen and oxygen atoms in total. The summed E-state index contributed by atoms with van der Waals surface area (Å²) in [6.07, 6.45) is 0. The van der Waals surface area contributed by atoms with Crippen LogP contribution in [0.1, 0.15) is 0 Å². The molecule has 0 radical (unpaired) electrons. The highest BCUT2D eigenvalue weighted by molar-refractivity contribution is 5.86. The van der Waals surface area contributed by atoms with Crippen molar-refractivity contribution in [3.8, 4) is 11.5 Å². The van der Waals surface area contributed by atoms with Crippen molar-refractivity contribution in [2.45, 2.75) is 0 Å². The van der Waals surface area contributed by atoms with Gasteiger partial charge in [-0.25, -0.2) is 9.97 Å². The number of hydrogen-bond acceptors (Lipinski definition) is 8. The molecule has 8 heteroatoms. The van der Waals surface area contributed by atoms with E-state index in [-0.39, 0.29) is 0 Å². The lowest BCUT2D eigenvalue weighted by Gasteiger charge is -2.11. The van der Waals surface area contributed by atoms with Crippen LogP contribution in [0.2, 0.25) is 0 Å². The fourth-order valence-corrected chi connectivity index (χ4v) is 3.28. The van der Waals surface area contributed by atoms with Gasteiger partial charge in [-0.05, 0) is 48.5 Å². The third-order valence-corrected chi connectivity index (χ3v) is 4.77. The Morgan fingerprint density at radius 2 is 0.969 bits per heavy atom. The molecule has 0 aliphatic carbocycles. The molecule has 2 aromatic carbocycles. The van der Waals surface area contributed by atoms with E-state index in [1.54, 1.807) is 12.1 Å². The first kappa shape index (κ1) is 21.6. The summed E-state index contributed by atoms with van der Waals surface area (Å²) in [6.45, 7) is 2.76. The first-order valence-corrected chi connectivity index (χ1v) is 10.4. The van der Waals surface area contributed by atoms with Crippen molar-refractivity contribution < 1.29 is 18.9 Å². The van der Waals surface area contributed by atoms with Gasteiger partial charge in [-0.1, -0.05) is 12.1 Å². The summed E-state index contributed by atoms with van der Waals surface area (Å²) in [7, 11) is 0. The third-order valence-electron chi connectivity index (χ3n) is 4.77. The number of nitrogens with two attached hydrogens (primary N) is 2. The Bertz CT molecular complexity index is 1090. The standard InChI is InChI=1S/C24H26N4O4/c25-23-9-7-17-19(27-23)3-1-5-21(17)31-15-13-29-11-12-30-14-16-32-22-6-2-4-20-18(22)8-10-24(26)28-20/h1-10H,11-16H2,(H2,25,27)(H2,26,28). The van der Waals surface area contributed by atoms with Gasteiger partial charge in [0.25, 0.3) is 0 Å². The average molecular weight is 434 g/mol. The monoisotopic (exact) mass is 434 g/mol. The minimum Gasteiger partial charge on any atom is -0.490 e. The first-order valence-electron chi connectivity index (χ1n) is 10.4. The molecule has 2 aromatic heterocycles. The van der Waals surface area contributed by atoms with Gasteiger partial charge >= 0.3 is 0 Å².